The van der Waals surface area contributed by atoms with Crippen molar-refractivity contribution in [3.05, 3.63) is 33.4 Å². The molecule has 12 heteroatoms. The lowest BCUT2D eigenvalue weighted by atomic mass is 10.1. The molecule has 0 aromatic heterocycles. The van der Waals surface area contributed by atoms with Crippen LogP contribution < -0.4 is 26.0 Å². The highest BCUT2D eigenvalue weighted by Gasteiger charge is 2.18. The molecule has 4 N–H and O–H groups in total. The molecule has 2 rings (SSSR count). The second-order valence-electron chi connectivity index (χ2n) is 6.69. The highest BCUT2D eigenvalue weighted by molar-refractivity contribution is 5.78. The van der Waals surface area contributed by atoms with E-state index in [4.69, 9.17) is 14.2 Å². The molecule has 2 amide bonds. The Balaban J connectivity index is 2.13. The number of nitrogens with one attached hydrogen (secondary N) is 4. The summed E-state index contributed by atoms with van der Waals surface area (Å²) in [5.41, 5.74) is 0.732. The standard InChI is InChI=1S/C19H29N5O7/c1-29-19-14-8-16(24(27)28)9-15(19)11-23-18(26)13-21-3-5-31-7-6-30-4-2-20-12-17(25)22-10-14/h8-9,20-21H,2-7,10-13H2,1H3,(H,22,25)(H,23,26). The molecule has 12 nitrogen and oxygen atoms in total. The van der Waals surface area contributed by atoms with Gasteiger partial charge in [-0.15, -0.1) is 0 Å². The van der Waals surface area contributed by atoms with Crippen molar-refractivity contribution in [2.24, 2.45) is 0 Å². The van der Waals surface area contributed by atoms with Crippen LogP contribution in [0.5, 0.6) is 5.75 Å². The minimum absolute atomic E-state index is 0.0434. The Kier molecular flexibility index (Phi) is 10.6. The number of hydrogen-bond donors (Lipinski definition) is 4. The second kappa shape index (κ2) is 13.5. The van der Waals surface area contributed by atoms with E-state index in [0.29, 0.717) is 56.4 Å². The minimum Gasteiger partial charge on any atom is -0.496 e. The fraction of sp³-hybridized carbons (Fsp3) is 0.579. The van der Waals surface area contributed by atoms with Crippen LogP contribution in [0, 0.1) is 10.1 Å². The maximum Gasteiger partial charge on any atom is 0.270 e. The van der Waals surface area contributed by atoms with Crippen molar-refractivity contribution in [1.82, 2.24) is 21.3 Å². The van der Waals surface area contributed by atoms with E-state index in [0.717, 1.165) is 0 Å². The molecule has 0 fully saturated rings. The van der Waals surface area contributed by atoms with E-state index in [-0.39, 0.29) is 43.7 Å². The monoisotopic (exact) mass is 439 g/mol. The first-order chi connectivity index (χ1) is 15.0. The summed E-state index contributed by atoms with van der Waals surface area (Å²) in [5.74, 6) is -0.174. The summed E-state index contributed by atoms with van der Waals surface area (Å²) < 4.78 is 16.2. The first-order valence-electron chi connectivity index (χ1n) is 9.95. The van der Waals surface area contributed by atoms with E-state index >= 15 is 0 Å². The van der Waals surface area contributed by atoms with Crippen molar-refractivity contribution in [2.75, 3.05) is 59.7 Å². The number of fused-ring (bicyclic) bond motifs is 2. The fourth-order valence-corrected chi connectivity index (χ4v) is 2.89. The fourth-order valence-electron chi connectivity index (χ4n) is 2.89. The minimum atomic E-state index is -0.527. The van der Waals surface area contributed by atoms with Gasteiger partial charge < -0.3 is 35.5 Å². The van der Waals surface area contributed by atoms with Crippen LogP contribution in [0.2, 0.25) is 0 Å². The van der Waals surface area contributed by atoms with Gasteiger partial charge in [0.15, 0.2) is 0 Å². The van der Waals surface area contributed by atoms with Crippen LogP contribution in [0.4, 0.5) is 5.69 Å². The molecule has 1 aliphatic rings. The normalized spacial score (nSPS) is 18.2. The highest BCUT2D eigenvalue weighted by Crippen LogP contribution is 2.29. The van der Waals surface area contributed by atoms with Crippen LogP contribution in [0.15, 0.2) is 12.1 Å². The molecule has 1 heterocycles. The molecule has 2 bridgehead atoms. The molecule has 0 saturated carbocycles. The second-order valence-corrected chi connectivity index (χ2v) is 6.69. The van der Waals surface area contributed by atoms with Gasteiger partial charge in [0.25, 0.3) is 5.69 Å². The zero-order chi connectivity index (χ0) is 22.5. The Labute approximate surface area is 180 Å². The lowest BCUT2D eigenvalue weighted by Gasteiger charge is -2.15. The van der Waals surface area contributed by atoms with Crippen LogP contribution in [0.1, 0.15) is 11.1 Å². The Hall–Kier alpha value is -2.80. The number of amides is 2. The third kappa shape index (κ3) is 8.84. The number of methoxy groups -OCH3 is 1. The molecule has 1 aromatic rings. The predicted octanol–water partition coefficient (Wildman–Crippen LogP) is -0.938. The number of hydrogen-bond acceptors (Lipinski definition) is 9. The molecule has 0 spiro atoms. The van der Waals surface area contributed by atoms with Gasteiger partial charge in [-0.05, 0) is 0 Å². The Morgan fingerprint density at radius 1 is 0.871 bits per heavy atom. The summed E-state index contributed by atoms with van der Waals surface area (Å²) in [6.45, 7) is 2.94. The summed E-state index contributed by atoms with van der Waals surface area (Å²) in [7, 11) is 1.43. The predicted molar refractivity (Wildman–Crippen MR) is 111 cm³/mol. The summed E-state index contributed by atoms with van der Waals surface area (Å²) in [5, 5.41) is 22.7. The number of carbonyl (C=O) groups is 2. The average molecular weight is 439 g/mol. The van der Waals surface area contributed by atoms with Crippen molar-refractivity contribution in [2.45, 2.75) is 13.1 Å². The molecule has 0 atom stereocenters. The molecule has 0 saturated heterocycles. The molecule has 1 aliphatic heterocycles. The average Bonchev–Trinajstić information content (AvgIpc) is 2.75. The van der Waals surface area contributed by atoms with Crippen LogP contribution in [0.25, 0.3) is 0 Å². The summed E-state index contributed by atoms with van der Waals surface area (Å²) in [6, 6.07) is 2.70. The molecule has 1 aromatic carbocycles. The van der Waals surface area contributed by atoms with Crippen molar-refractivity contribution in [1.29, 1.82) is 0 Å². The summed E-state index contributed by atoms with van der Waals surface area (Å²) in [4.78, 5) is 35.0. The van der Waals surface area contributed by atoms with Gasteiger partial charge in [-0.2, -0.15) is 0 Å². The zero-order valence-electron chi connectivity index (χ0n) is 17.5. The SMILES string of the molecule is COc1c2cc([N+](=O)[O-])cc1CNC(=O)CNCCOCCOCCNCC(=O)NC2. The summed E-state index contributed by atoms with van der Waals surface area (Å²) in [6.07, 6.45) is 0. The number of nitro benzene ring substituents is 1. The van der Waals surface area contributed by atoms with E-state index < -0.39 is 4.92 Å². The van der Waals surface area contributed by atoms with Crippen LogP contribution in [-0.4, -0.2) is 76.5 Å². The third-order valence-electron chi connectivity index (χ3n) is 4.38. The van der Waals surface area contributed by atoms with Crippen molar-refractivity contribution in [3.8, 4) is 5.75 Å². The third-order valence-corrected chi connectivity index (χ3v) is 4.38. The molecule has 172 valence electrons. The first kappa shape index (κ1) is 24.5. The van der Waals surface area contributed by atoms with Gasteiger partial charge >= 0.3 is 0 Å². The topological polar surface area (TPSA) is 153 Å². The highest BCUT2D eigenvalue weighted by atomic mass is 16.6. The van der Waals surface area contributed by atoms with Gasteiger partial charge in [0.1, 0.15) is 5.75 Å². The lowest BCUT2D eigenvalue weighted by Crippen LogP contribution is -2.35. The number of non-ortho nitro benzene ring substituents is 1. The summed E-state index contributed by atoms with van der Waals surface area (Å²) >= 11 is 0. The molecule has 0 aliphatic carbocycles. The van der Waals surface area contributed by atoms with Crippen LogP contribution >= 0.6 is 0 Å². The number of ether oxygens (including phenoxy) is 3. The van der Waals surface area contributed by atoms with E-state index in [2.05, 4.69) is 21.3 Å². The largest absolute Gasteiger partial charge is 0.496 e. The number of rotatable bonds is 2. The number of benzene rings is 1. The maximum absolute atomic E-state index is 12.1. The lowest BCUT2D eigenvalue weighted by molar-refractivity contribution is -0.385. The van der Waals surface area contributed by atoms with Gasteiger partial charge in [-0.1, -0.05) is 0 Å². The van der Waals surface area contributed by atoms with E-state index in [1.54, 1.807) is 0 Å². The first-order valence-corrected chi connectivity index (χ1v) is 9.95. The zero-order valence-corrected chi connectivity index (χ0v) is 17.5. The molecule has 31 heavy (non-hydrogen) atoms. The van der Waals surface area contributed by atoms with Gasteiger partial charge in [0.2, 0.25) is 11.8 Å². The van der Waals surface area contributed by atoms with Gasteiger partial charge in [-0.3, -0.25) is 19.7 Å². The van der Waals surface area contributed by atoms with Crippen LogP contribution in [0.3, 0.4) is 0 Å². The smallest absolute Gasteiger partial charge is 0.270 e. The van der Waals surface area contributed by atoms with E-state index in [1.807, 2.05) is 0 Å². The van der Waals surface area contributed by atoms with Gasteiger partial charge in [-0.25, -0.2) is 0 Å². The number of carbonyl (C=O) groups excluding carboxylic acids is 2. The quantitative estimate of drug-likeness (QED) is 0.338. The van der Waals surface area contributed by atoms with Crippen molar-refractivity contribution < 1.29 is 28.7 Å². The van der Waals surface area contributed by atoms with E-state index in [9.17, 15) is 19.7 Å². The number of nitrogens with zero attached hydrogens (tertiary/aromatic N) is 1. The van der Waals surface area contributed by atoms with Crippen molar-refractivity contribution in [3.63, 3.8) is 0 Å². The Bertz CT molecular complexity index is 708. The van der Waals surface area contributed by atoms with Crippen LogP contribution in [-0.2, 0) is 32.2 Å². The number of nitro groups is 1. The maximum atomic E-state index is 12.1. The molecule has 0 radical (unpaired) electrons. The van der Waals surface area contributed by atoms with Crippen molar-refractivity contribution >= 4 is 17.5 Å². The molecule has 0 unspecified atom stereocenters. The van der Waals surface area contributed by atoms with Gasteiger partial charge in [0, 0.05) is 49.4 Å². The Morgan fingerprint density at radius 2 is 1.35 bits per heavy atom. The molecular weight excluding hydrogens is 410 g/mol. The van der Waals surface area contributed by atoms with E-state index in [1.165, 1.54) is 19.2 Å². The molecular formula is C19H29N5O7. The Morgan fingerprint density at radius 3 is 1.77 bits per heavy atom. The van der Waals surface area contributed by atoms with Gasteiger partial charge in [0.05, 0.1) is 51.6 Å².